The van der Waals surface area contributed by atoms with Crippen LogP contribution in [0.3, 0.4) is 0 Å². The summed E-state index contributed by atoms with van der Waals surface area (Å²) in [5.74, 6) is -1.55. The number of esters is 1. The molecule has 0 aromatic carbocycles. The topological polar surface area (TPSA) is 68.5 Å². The molecule has 0 unspecified atom stereocenters. The highest BCUT2D eigenvalue weighted by Crippen LogP contribution is 2.14. The third-order valence-electron chi connectivity index (χ3n) is 2.25. The van der Waals surface area contributed by atoms with Crippen LogP contribution in [-0.4, -0.2) is 28.2 Å². The second kappa shape index (κ2) is 4.16. The highest BCUT2D eigenvalue weighted by molar-refractivity contribution is 5.95. The molecule has 0 amide bonds. The number of carboxylic acid groups (broad SMARTS) is 1. The van der Waals surface area contributed by atoms with Gasteiger partial charge in [0.05, 0.1) is 12.2 Å². The van der Waals surface area contributed by atoms with Gasteiger partial charge >= 0.3 is 11.9 Å². The number of aromatic carboxylic acids is 1. The average Bonchev–Trinajstić information content (AvgIpc) is 2.45. The molecule has 0 atom stereocenters. The van der Waals surface area contributed by atoms with Crippen molar-refractivity contribution in [2.75, 3.05) is 6.61 Å². The summed E-state index contributed by atoms with van der Waals surface area (Å²) in [5, 5.41) is 8.85. The molecule has 0 bridgehead atoms. The lowest BCUT2D eigenvalue weighted by Crippen LogP contribution is -2.10. The minimum absolute atomic E-state index is 0.126. The zero-order chi connectivity index (χ0) is 11.6. The maximum Gasteiger partial charge on any atom is 0.354 e. The van der Waals surface area contributed by atoms with Crippen LogP contribution in [-0.2, 0) is 11.8 Å². The second-order valence-corrected chi connectivity index (χ2v) is 3.11. The van der Waals surface area contributed by atoms with Gasteiger partial charge in [-0.1, -0.05) is 0 Å². The summed E-state index contributed by atoms with van der Waals surface area (Å²) in [6.07, 6.45) is 0. The monoisotopic (exact) mass is 211 g/mol. The van der Waals surface area contributed by atoms with E-state index in [-0.39, 0.29) is 17.9 Å². The Balaban J connectivity index is 3.16. The van der Waals surface area contributed by atoms with E-state index in [0.29, 0.717) is 5.69 Å². The Hall–Kier alpha value is -1.78. The number of ether oxygens (including phenoxy) is 1. The third-order valence-corrected chi connectivity index (χ3v) is 2.25. The van der Waals surface area contributed by atoms with Crippen LogP contribution in [0.1, 0.15) is 33.5 Å². The van der Waals surface area contributed by atoms with Crippen LogP contribution in [0.4, 0.5) is 0 Å². The molecule has 1 aromatic rings. The Morgan fingerprint density at radius 2 is 2.13 bits per heavy atom. The smallest absolute Gasteiger partial charge is 0.354 e. The minimum atomic E-state index is -1.04. The lowest BCUT2D eigenvalue weighted by atomic mass is 10.2. The largest absolute Gasteiger partial charge is 0.478 e. The van der Waals surface area contributed by atoms with E-state index in [9.17, 15) is 9.59 Å². The Labute approximate surface area is 87.3 Å². The molecule has 0 spiro atoms. The van der Waals surface area contributed by atoms with Gasteiger partial charge < -0.3 is 14.4 Å². The fourth-order valence-corrected chi connectivity index (χ4v) is 1.32. The van der Waals surface area contributed by atoms with Gasteiger partial charge in [0, 0.05) is 12.7 Å². The van der Waals surface area contributed by atoms with Crippen molar-refractivity contribution in [2.45, 2.75) is 13.8 Å². The van der Waals surface area contributed by atoms with Gasteiger partial charge in [0.25, 0.3) is 0 Å². The Bertz CT molecular complexity index is 406. The molecule has 0 aliphatic heterocycles. The first kappa shape index (κ1) is 11.3. The molecule has 0 aliphatic rings. The fourth-order valence-electron chi connectivity index (χ4n) is 1.32. The maximum absolute atomic E-state index is 11.4. The molecule has 15 heavy (non-hydrogen) atoms. The number of hydrogen-bond acceptors (Lipinski definition) is 3. The number of carbonyl (C=O) groups excluding carboxylic acids is 1. The summed E-state index contributed by atoms with van der Waals surface area (Å²) < 4.78 is 6.32. The van der Waals surface area contributed by atoms with Crippen molar-refractivity contribution in [3.8, 4) is 0 Å². The van der Waals surface area contributed by atoms with E-state index in [0.717, 1.165) is 0 Å². The van der Waals surface area contributed by atoms with Gasteiger partial charge in [0.15, 0.2) is 0 Å². The van der Waals surface area contributed by atoms with E-state index in [1.807, 2.05) is 0 Å². The Morgan fingerprint density at radius 1 is 1.53 bits per heavy atom. The number of aromatic nitrogens is 1. The van der Waals surface area contributed by atoms with E-state index in [2.05, 4.69) is 0 Å². The van der Waals surface area contributed by atoms with Crippen LogP contribution < -0.4 is 0 Å². The summed E-state index contributed by atoms with van der Waals surface area (Å²) in [6, 6.07) is 1.33. The number of carbonyl (C=O) groups is 2. The zero-order valence-electron chi connectivity index (χ0n) is 8.90. The zero-order valence-corrected chi connectivity index (χ0v) is 8.90. The van der Waals surface area contributed by atoms with Gasteiger partial charge in [-0.15, -0.1) is 0 Å². The molecule has 5 heteroatoms. The van der Waals surface area contributed by atoms with E-state index in [1.165, 1.54) is 10.6 Å². The maximum atomic E-state index is 11.4. The summed E-state index contributed by atoms with van der Waals surface area (Å²) in [4.78, 5) is 22.2. The molecule has 1 rings (SSSR count). The molecule has 1 aromatic heterocycles. The number of hydrogen-bond donors (Lipinski definition) is 1. The number of carboxylic acids is 1. The first-order chi connectivity index (χ1) is 6.99. The van der Waals surface area contributed by atoms with Crippen LogP contribution in [0.5, 0.6) is 0 Å². The van der Waals surface area contributed by atoms with Crippen molar-refractivity contribution in [1.82, 2.24) is 4.57 Å². The normalized spacial score (nSPS) is 10.1. The van der Waals surface area contributed by atoms with E-state index >= 15 is 0 Å². The van der Waals surface area contributed by atoms with Crippen LogP contribution in [0, 0.1) is 6.92 Å². The highest BCUT2D eigenvalue weighted by Gasteiger charge is 2.19. The standard InChI is InChI=1S/C10H13NO4/c1-4-15-10(14)8-5-7(9(12)13)6(2)11(8)3/h5H,4H2,1-3H3,(H,12,13). The summed E-state index contributed by atoms with van der Waals surface area (Å²) in [6.45, 7) is 3.61. The highest BCUT2D eigenvalue weighted by atomic mass is 16.5. The van der Waals surface area contributed by atoms with E-state index in [4.69, 9.17) is 9.84 Å². The fraction of sp³-hybridized carbons (Fsp3) is 0.400. The van der Waals surface area contributed by atoms with Crippen molar-refractivity contribution in [3.05, 3.63) is 23.0 Å². The van der Waals surface area contributed by atoms with E-state index in [1.54, 1.807) is 20.9 Å². The van der Waals surface area contributed by atoms with Crippen LogP contribution in [0.2, 0.25) is 0 Å². The summed E-state index contributed by atoms with van der Waals surface area (Å²) in [7, 11) is 1.63. The van der Waals surface area contributed by atoms with Gasteiger partial charge in [-0.05, 0) is 19.9 Å². The molecule has 0 saturated heterocycles. The molecule has 0 fully saturated rings. The predicted molar refractivity (Wildman–Crippen MR) is 53.1 cm³/mol. The molecule has 1 heterocycles. The van der Waals surface area contributed by atoms with Crippen molar-refractivity contribution < 1.29 is 19.4 Å². The summed E-state index contributed by atoms with van der Waals surface area (Å²) >= 11 is 0. The van der Waals surface area contributed by atoms with Crippen molar-refractivity contribution in [3.63, 3.8) is 0 Å². The quantitative estimate of drug-likeness (QED) is 0.763. The first-order valence-corrected chi connectivity index (χ1v) is 4.55. The summed E-state index contributed by atoms with van der Waals surface area (Å²) in [5.41, 5.74) is 0.915. The molecular weight excluding hydrogens is 198 g/mol. The minimum Gasteiger partial charge on any atom is -0.478 e. The van der Waals surface area contributed by atoms with Crippen molar-refractivity contribution >= 4 is 11.9 Å². The Morgan fingerprint density at radius 3 is 2.53 bits per heavy atom. The lowest BCUT2D eigenvalue weighted by Gasteiger charge is -2.03. The molecule has 82 valence electrons. The predicted octanol–water partition coefficient (Wildman–Crippen LogP) is 1.21. The van der Waals surface area contributed by atoms with Gasteiger partial charge in [0.2, 0.25) is 0 Å². The average molecular weight is 211 g/mol. The molecule has 1 N–H and O–H groups in total. The molecule has 5 nitrogen and oxygen atoms in total. The Kier molecular flexibility index (Phi) is 3.14. The van der Waals surface area contributed by atoms with Gasteiger partial charge in [-0.3, -0.25) is 0 Å². The first-order valence-electron chi connectivity index (χ1n) is 4.55. The van der Waals surface area contributed by atoms with Gasteiger partial charge in [0.1, 0.15) is 5.69 Å². The van der Waals surface area contributed by atoms with Gasteiger partial charge in [-0.2, -0.15) is 0 Å². The van der Waals surface area contributed by atoms with E-state index < -0.39 is 11.9 Å². The van der Waals surface area contributed by atoms with Crippen LogP contribution >= 0.6 is 0 Å². The SMILES string of the molecule is CCOC(=O)c1cc(C(=O)O)c(C)n1C. The lowest BCUT2D eigenvalue weighted by molar-refractivity contribution is 0.0515. The number of nitrogens with zero attached hydrogens (tertiary/aromatic N) is 1. The molecular formula is C10H13NO4. The van der Waals surface area contributed by atoms with Crippen LogP contribution in [0.15, 0.2) is 6.07 Å². The van der Waals surface area contributed by atoms with Crippen molar-refractivity contribution in [1.29, 1.82) is 0 Å². The number of rotatable bonds is 3. The molecule has 0 saturated carbocycles. The van der Waals surface area contributed by atoms with Gasteiger partial charge in [-0.25, -0.2) is 9.59 Å². The molecule has 0 radical (unpaired) electrons. The molecule has 0 aliphatic carbocycles. The second-order valence-electron chi connectivity index (χ2n) is 3.11. The van der Waals surface area contributed by atoms with Crippen LogP contribution in [0.25, 0.3) is 0 Å². The third kappa shape index (κ3) is 2.01. The van der Waals surface area contributed by atoms with Crippen molar-refractivity contribution in [2.24, 2.45) is 7.05 Å².